The molecule has 0 aliphatic rings. The molecular weight excluding hydrogens is 385 g/mol. The molecule has 0 saturated heterocycles. The van der Waals surface area contributed by atoms with Gasteiger partial charge in [0.1, 0.15) is 11.3 Å². The predicted octanol–water partition coefficient (Wildman–Crippen LogP) is 4.32. The molecule has 28 heavy (non-hydrogen) atoms. The van der Waals surface area contributed by atoms with Crippen LogP contribution in [-0.4, -0.2) is 25.4 Å². The molecule has 0 aliphatic heterocycles. The molecule has 0 atom stereocenters. The third-order valence-corrected chi connectivity index (χ3v) is 3.63. The fourth-order valence-electron chi connectivity index (χ4n) is 2.35. The van der Waals surface area contributed by atoms with Crippen molar-refractivity contribution >= 4 is 11.7 Å². The molecule has 0 aliphatic carbocycles. The van der Waals surface area contributed by atoms with E-state index in [1.807, 2.05) is 0 Å². The summed E-state index contributed by atoms with van der Waals surface area (Å²) < 4.78 is 72.0. The number of carbonyl (C=O) groups excluding carboxylic acids is 1. The first kappa shape index (κ1) is 21.2. The van der Waals surface area contributed by atoms with Crippen molar-refractivity contribution in [2.24, 2.45) is 5.16 Å². The Balaban J connectivity index is 2.42. The fourth-order valence-corrected chi connectivity index (χ4v) is 2.35. The minimum absolute atomic E-state index is 0.0668. The number of carbonyl (C=O) groups is 1. The molecule has 0 N–H and O–H groups in total. The number of nitrogens with zero attached hydrogens (tertiary/aromatic N) is 1. The molecule has 0 saturated carbocycles. The van der Waals surface area contributed by atoms with Crippen LogP contribution in [0.4, 0.5) is 22.0 Å². The quantitative estimate of drug-likeness (QED) is 0.133. The zero-order valence-electron chi connectivity index (χ0n) is 14.6. The molecule has 0 spiro atoms. The van der Waals surface area contributed by atoms with E-state index in [-0.39, 0.29) is 12.3 Å². The largest absolute Gasteiger partial charge is 0.378 e. The third-order valence-electron chi connectivity index (χ3n) is 3.63. The molecule has 0 unspecified atom stereocenters. The molecular formula is C19H14F5NO3. The molecule has 148 valence electrons. The number of ether oxygens (including phenoxy) is 1. The second kappa shape index (κ2) is 9.23. The zero-order valence-corrected chi connectivity index (χ0v) is 14.6. The number of halogens is 5. The van der Waals surface area contributed by atoms with Crippen molar-refractivity contribution in [3.8, 4) is 0 Å². The number of allylic oxidation sites excluding steroid dienone is 1. The second-order valence-corrected chi connectivity index (χ2v) is 5.44. The minimum atomic E-state index is -2.38. The Morgan fingerprint density at radius 3 is 2.18 bits per heavy atom. The number of benzene rings is 2. The summed E-state index contributed by atoms with van der Waals surface area (Å²) in [6.07, 6.45) is 2.05. The molecule has 0 bridgehead atoms. The first-order valence-corrected chi connectivity index (χ1v) is 7.81. The molecule has 0 radical (unpaired) electrons. The average Bonchev–Trinajstić information content (AvgIpc) is 2.69. The topological polar surface area (TPSA) is 47.9 Å². The highest BCUT2D eigenvalue weighted by molar-refractivity contribution is 6.03. The summed E-state index contributed by atoms with van der Waals surface area (Å²) in [6, 6.07) is 6.78. The average molecular weight is 399 g/mol. The number of hydrogen-bond acceptors (Lipinski definition) is 4. The van der Waals surface area contributed by atoms with Crippen LogP contribution in [-0.2, 0) is 16.0 Å². The summed E-state index contributed by atoms with van der Waals surface area (Å²) >= 11 is 0. The summed E-state index contributed by atoms with van der Waals surface area (Å²) in [5.41, 5.74) is -0.441. The van der Waals surface area contributed by atoms with Crippen LogP contribution in [0.25, 0.3) is 0 Å². The molecule has 0 aromatic heterocycles. The van der Waals surface area contributed by atoms with Crippen molar-refractivity contribution in [1.29, 1.82) is 0 Å². The van der Waals surface area contributed by atoms with Crippen LogP contribution in [0.3, 0.4) is 0 Å². The lowest BCUT2D eigenvalue weighted by Gasteiger charge is -2.10. The van der Waals surface area contributed by atoms with E-state index in [9.17, 15) is 26.7 Å². The van der Waals surface area contributed by atoms with E-state index in [2.05, 4.69) is 16.6 Å². The zero-order chi connectivity index (χ0) is 20.8. The maximum Gasteiger partial charge on any atom is 0.371 e. The smallest absolute Gasteiger partial charge is 0.371 e. The monoisotopic (exact) mass is 399 g/mol. The van der Waals surface area contributed by atoms with Gasteiger partial charge >= 0.3 is 5.97 Å². The lowest BCUT2D eigenvalue weighted by molar-refractivity contribution is 0.0498. The van der Waals surface area contributed by atoms with Gasteiger partial charge in [-0.2, -0.15) is 0 Å². The minimum Gasteiger partial charge on any atom is -0.378 e. The fraction of sp³-hybridized carbons (Fsp3) is 0.158. The molecule has 0 amide bonds. The van der Waals surface area contributed by atoms with E-state index in [4.69, 9.17) is 4.74 Å². The molecule has 2 aromatic carbocycles. The van der Waals surface area contributed by atoms with Crippen molar-refractivity contribution in [2.75, 3.05) is 13.7 Å². The van der Waals surface area contributed by atoms with Gasteiger partial charge in [0, 0.05) is 12.7 Å². The van der Waals surface area contributed by atoms with E-state index in [0.29, 0.717) is 12.0 Å². The van der Waals surface area contributed by atoms with Crippen LogP contribution in [0.5, 0.6) is 0 Å². The van der Waals surface area contributed by atoms with Gasteiger partial charge in [-0.05, 0) is 12.0 Å². The summed E-state index contributed by atoms with van der Waals surface area (Å²) in [7, 11) is 1.33. The first-order valence-electron chi connectivity index (χ1n) is 7.81. The number of hydrogen-bond donors (Lipinski definition) is 0. The number of oxime groups is 1. The normalized spacial score (nSPS) is 11.4. The Morgan fingerprint density at radius 2 is 1.61 bits per heavy atom. The number of rotatable bonds is 7. The van der Waals surface area contributed by atoms with E-state index in [1.54, 1.807) is 30.3 Å². The van der Waals surface area contributed by atoms with Crippen molar-refractivity contribution in [3.63, 3.8) is 0 Å². The lowest BCUT2D eigenvalue weighted by Crippen LogP contribution is -2.16. The second-order valence-electron chi connectivity index (χ2n) is 5.44. The van der Waals surface area contributed by atoms with Gasteiger partial charge in [-0.25, -0.2) is 26.7 Å². The predicted molar refractivity (Wildman–Crippen MR) is 90.4 cm³/mol. The van der Waals surface area contributed by atoms with Crippen LogP contribution in [0.2, 0.25) is 0 Å². The van der Waals surface area contributed by atoms with Crippen molar-refractivity contribution in [2.45, 2.75) is 6.42 Å². The molecule has 4 nitrogen and oxygen atoms in total. The third kappa shape index (κ3) is 4.25. The van der Waals surface area contributed by atoms with Crippen LogP contribution < -0.4 is 0 Å². The maximum absolute atomic E-state index is 13.7. The van der Waals surface area contributed by atoms with Gasteiger partial charge in [-0.15, -0.1) is 6.58 Å². The van der Waals surface area contributed by atoms with Crippen molar-refractivity contribution in [1.82, 2.24) is 0 Å². The molecule has 0 fully saturated rings. The van der Waals surface area contributed by atoms with E-state index >= 15 is 0 Å². The van der Waals surface area contributed by atoms with E-state index in [1.165, 1.54) is 7.11 Å². The van der Waals surface area contributed by atoms with Crippen molar-refractivity contribution in [3.05, 3.63) is 82.7 Å². The van der Waals surface area contributed by atoms with E-state index < -0.39 is 40.6 Å². The summed E-state index contributed by atoms with van der Waals surface area (Å²) in [4.78, 5) is 16.4. The highest BCUT2D eigenvalue weighted by Gasteiger charge is 2.31. The van der Waals surface area contributed by atoms with Crippen LogP contribution in [0, 0.1) is 29.1 Å². The van der Waals surface area contributed by atoms with E-state index in [0.717, 1.165) is 5.56 Å². The summed E-state index contributed by atoms with van der Waals surface area (Å²) in [5.74, 6) is -13.4. The lowest BCUT2D eigenvalue weighted by atomic mass is 10.0. The van der Waals surface area contributed by atoms with Crippen LogP contribution >= 0.6 is 0 Å². The van der Waals surface area contributed by atoms with Gasteiger partial charge in [0.15, 0.2) is 23.3 Å². The Bertz CT molecular complexity index is 914. The Hall–Kier alpha value is -3.07. The highest BCUT2D eigenvalue weighted by atomic mass is 19.2. The van der Waals surface area contributed by atoms with Gasteiger partial charge in [-0.1, -0.05) is 35.5 Å². The van der Waals surface area contributed by atoms with Gasteiger partial charge in [0.2, 0.25) is 5.82 Å². The Morgan fingerprint density at radius 1 is 1.04 bits per heavy atom. The molecule has 9 heteroatoms. The first-order chi connectivity index (χ1) is 13.3. The van der Waals surface area contributed by atoms with Crippen LogP contribution in [0.15, 0.2) is 42.1 Å². The molecule has 2 rings (SSSR count). The summed E-state index contributed by atoms with van der Waals surface area (Å²) in [6.45, 7) is 3.46. The molecule has 0 heterocycles. The van der Waals surface area contributed by atoms with Crippen LogP contribution in [0.1, 0.15) is 21.5 Å². The Labute approximate surface area is 156 Å². The summed E-state index contributed by atoms with van der Waals surface area (Å²) in [5, 5.41) is 3.50. The standard InChI is InChI=1S/C19H14F5NO3/c1-3-6-10-7-4-5-8-11(10)12(9-27-2)25-28-19(26)13-14(20)16(22)18(24)17(23)15(13)21/h3-5,7-8H,1,6,9H2,2H3/b25-12+. The Kier molecular flexibility index (Phi) is 7.00. The highest BCUT2D eigenvalue weighted by Crippen LogP contribution is 2.24. The molecule has 2 aromatic rings. The van der Waals surface area contributed by atoms with Crippen molar-refractivity contribution < 1.29 is 36.3 Å². The SMILES string of the molecule is C=CCc1ccccc1/C(COC)=N/OC(=O)c1c(F)c(F)c(F)c(F)c1F. The van der Waals surface area contributed by atoms with Gasteiger partial charge in [0.05, 0.1) is 6.61 Å². The number of methoxy groups -OCH3 is 1. The van der Waals surface area contributed by atoms with Gasteiger partial charge in [0.25, 0.3) is 0 Å². The van der Waals surface area contributed by atoms with Gasteiger partial charge < -0.3 is 9.57 Å². The van der Waals surface area contributed by atoms with Gasteiger partial charge in [-0.3, -0.25) is 0 Å². The maximum atomic E-state index is 13.7.